The molecule has 2 aromatic heterocycles. The number of imidazole rings is 1. The van der Waals surface area contributed by atoms with E-state index < -0.39 is 0 Å². The third-order valence-electron chi connectivity index (χ3n) is 4.53. The third-order valence-corrected chi connectivity index (χ3v) is 4.53. The Labute approximate surface area is 124 Å². The van der Waals surface area contributed by atoms with Crippen LogP contribution in [-0.4, -0.2) is 41.7 Å². The largest absolute Gasteiger partial charge is 0.379 e. The maximum atomic E-state index is 5.53. The van der Waals surface area contributed by atoms with Gasteiger partial charge < -0.3 is 19.4 Å². The van der Waals surface area contributed by atoms with E-state index in [1.165, 1.54) is 18.5 Å². The summed E-state index contributed by atoms with van der Waals surface area (Å²) < 4.78 is 7.74. The summed E-state index contributed by atoms with van der Waals surface area (Å²) in [5.74, 6) is 1.09. The van der Waals surface area contributed by atoms with Crippen LogP contribution >= 0.6 is 0 Å². The van der Waals surface area contributed by atoms with Crippen molar-refractivity contribution in [3.8, 4) is 0 Å². The van der Waals surface area contributed by atoms with Gasteiger partial charge >= 0.3 is 0 Å². The summed E-state index contributed by atoms with van der Waals surface area (Å²) in [5, 5.41) is 3.62. The van der Waals surface area contributed by atoms with Crippen molar-refractivity contribution >= 4 is 11.5 Å². The lowest BCUT2D eigenvalue weighted by Gasteiger charge is -2.24. The predicted octanol–water partition coefficient (Wildman–Crippen LogP) is 1.81. The molecule has 0 amide bonds. The fraction of sp³-hybridized carbons (Fsp3) is 0.562. The molecule has 1 saturated carbocycles. The van der Waals surface area contributed by atoms with Crippen molar-refractivity contribution in [2.75, 3.05) is 25.2 Å². The summed E-state index contributed by atoms with van der Waals surface area (Å²) in [6.07, 6.45) is 5.80. The van der Waals surface area contributed by atoms with Crippen molar-refractivity contribution in [3.05, 3.63) is 30.1 Å². The van der Waals surface area contributed by atoms with Gasteiger partial charge in [-0.1, -0.05) is 6.07 Å². The Hall–Kier alpha value is -1.59. The number of ether oxygens (including phenoxy) is 1. The first-order valence-electron chi connectivity index (χ1n) is 7.83. The van der Waals surface area contributed by atoms with Gasteiger partial charge in [-0.2, -0.15) is 0 Å². The topological polar surface area (TPSA) is 41.8 Å². The molecule has 2 fully saturated rings. The highest BCUT2D eigenvalue weighted by atomic mass is 16.5. The fourth-order valence-corrected chi connectivity index (χ4v) is 3.01. The molecule has 4 rings (SSSR count). The van der Waals surface area contributed by atoms with Gasteiger partial charge in [-0.25, -0.2) is 4.98 Å². The lowest BCUT2D eigenvalue weighted by molar-refractivity contribution is 0.193. The minimum Gasteiger partial charge on any atom is -0.379 e. The van der Waals surface area contributed by atoms with Crippen LogP contribution in [0.15, 0.2) is 24.4 Å². The average Bonchev–Trinajstić information content (AvgIpc) is 3.04. The third kappa shape index (κ3) is 2.51. The van der Waals surface area contributed by atoms with Crippen molar-refractivity contribution in [2.24, 2.45) is 0 Å². The van der Waals surface area contributed by atoms with E-state index in [2.05, 4.69) is 40.0 Å². The Balaban J connectivity index is 1.69. The SMILES string of the molecule is CN(c1nc2ccccn2c1CNC1CC1)C1CCOC1. The number of anilines is 1. The molecule has 3 heterocycles. The Morgan fingerprint density at radius 1 is 1.38 bits per heavy atom. The minimum absolute atomic E-state index is 0.439. The van der Waals surface area contributed by atoms with E-state index in [1.54, 1.807) is 0 Å². The number of hydrogen-bond donors (Lipinski definition) is 1. The number of likely N-dealkylation sites (N-methyl/N-ethyl adjacent to an activating group) is 1. The molecule has 0 aromatic carbocycles. The molecular weight excluding hydrogens is 264 g/mol. The van der Waals surface area contributed by atoms with Crippen molar-refractivity contribution in [3.63, 3.8) is 0 Å². The highest BCUT2D eigenvalue weighted by Gasteiger charge is 2.26. The van der Waals surface area contributed by atoms with Crippen LogP contribution in [0, 0.1) is 0 Å². The van der Waals surface area contributed by atoms with Gasteiger partial charge in [-0.05, 0) is 31.4 Å². The molecule has 0 bridgehead atoms. The molecule has 1 atom stereocenters. The van der Waals surface area contributed by atoms with Crippen molar-refractivity contribution in [1.82, 2.24) is 14.7 Å². The Morgan fingerprint density at radius 3 is 3.05 bits per heavy atom. The van der Waals surface area contributed by atoms with Gasteiger partial charge in [0, 0.05) is 32.4 Å². The molecule has 0 spiro atoms. The van der Waals surface area contributed by atoms with E-state index in [0.717, 1.165) is 37.6 Å². The zero-order chi connectivity index (χ0) is 14.2. The van der Waals surface area contributed by atoms with Crippen molar-refractivity contribution in [2.45, 2.75) is 37.9 Å². The molecular formula is C16H22N4O. The number of fused-ring (bicyclic) bond motifs is 1. The molecule has 0 radical (unpaired) electrons. The van der Waals surface area contributed by atoms with Crippen molar-refractivity contribution < 1.29 is 4.74 Å². The second-order valence-corrected chi connectivity index (χ2v) is 6.09. The van der Waals surface area contributed by atoms with Crippen LogP contribution in [0.2, 0.25) is 0 Å². The summed E-state index contributed by atoms with van der Waals surface area (Å²) in [5.41, 5.74) is 2.28. The van der Waals surface area contributed by atoms with E-state index in [-0.39, 0.29) is 0 Å². The molecule has 1 aliphatic carbocycles. The lowest BCUT2D eigenvalue weighted by Crippen LogP contribution is -2.33. The Bertz CT molecular complexity index is 628. The van der Waals surface area contributed by atoms with Gasteiger partial charge in [0.1, 0.15) is 5.65 Å². The zero-order valence-corrected chi connectivity index (χ0v) is 12.5. The molecule has 112 valence electrons. The molecule has 21 heavy (non-hydrogen) atoms. The molecule has 1 N–H and O–H groups in total. The number of nitrogens with zero attached hydrogens (tertiary/aromatic N) is 3. The molecule has 1 aliphatic heterocycles. The molecule has 2 aliphatic rings. The summed E-state index contributed by atoms with van der Waals surface area (Å²) in [4.78, 5) is 7.14. The second-order valence-electron chi connectivity index (χ2n) is 6.09. The number of pyridine rings is 1. The number of nitrogens with one attached hydrogen (secondary N) is 1. The average molecular weight is 286 g/mol. The first-order chi connectivity index (χ1) is 10.3. The number of aromatic nitrogens is 2. The monoisotopic (exact) mass is 286 g/mol. The van der Waals surface area contributed by atoms with Crippen molar-refractivity contribution in [1.29, 1.82) is 0 Å². The van der Waals surface area contributed by atoms with E-state index in [1.807, 2.05) is 6.07 Å². The highest BCUT2D eigenvalue weighted by Crippen LogP contribution is 2.26. The normalized spacial score (nSPS) is 22.0. The molecule has 5 nitrogen and oxygen atoms in total. The van der Waals surface area contributed by atoms with Crippen LogP contribution in [-0.2, 0) is 11.3 Å². The van der Waals surface area contributed by atoms with E-state index in [0.29, 0.717) is 12.1 Å². The maximum Gasteiger partial charge on any atom is 0.152 e. The van der Waals surface area contributed by atoms with Crippen LogP contribution in [0.5, 0.6) is 0 Å². The fourth-order valence-electron chi connectivity index (χ4n) is 3.01. The van der Waals surface area contributed by atoms with Gasteiger partial charge in [-0.15, -0.1) is 0 Å². The quantitative estimate of drug-likeness (QED) is 0.910. The zero-order valence-electron chi connectivity index (χ0n) is 12.5. The molecule has 1 saturated heterocycles. The van der Waals surface area contributed by atoms with Crippen LogP contribution in [0.25, 0.3) is 5.65 Å². The van der Waals surface area contributed by atoms with Gasteiger partial charge in [0.05, 0.1) is 18.3 Å². The second kappa shape index (κ2) is 5.31. The van der Waals surface area contributed by atoms with Gasteiger partial charge in [0.25, 0.3) is 0 Å². The Kier molecular flexibility index (Phi) is 3.31. The van der Waals surface area contributed by atoms with Crippen LogP contribution in [0.4, 0.5) is 5.82 Å². The first kappa shape index (κ1) is 13.1. The molecule has 5 heteroatoms. The number of hydrogen-bond acceptors (Lipinski definition) is 4. The highest BCUT2D eigenvalue weighted by molar-refractivity contribution is 5.56. The van der Waals surface area contributed by atoms with Gasteiger partial charge in [0.15, 0.2) is 5.82 Å². The van der Waals surface area contributed by atoms with Crippen LogP contribution in [0.1, 0.15) is 25.0 Å². The molecule has 1 unspecified atom stereocenters. The Morgan fingerprint density at radius 2 is 2.29 bits per heavy atom. The molecule has 2 aromatic rings. The van der Waals surface area contributed by atoms with E-state index in [9.17, 15) is 0 Å². The van der Waals surface area contributed by atoms with E-state index in [4.69, 9.17) is 9.72 Å². The summed E-state index contributed by atoms with van der Waals surface area (Å²) in [6.45, 7) is 2.54. The summed E-state index contributed by atoms with van der Waals surface area (Å²) in [7, 11) is 2.14. The summed E-state index contributed by atoms with van der Waals surface area (Å²) >= 11 is 0. The van der Waals surface area contributed by atoms with Gasteiger partial charge in [-0.3, -0.25) is 0 Å². The maximum absolute atomic E-state index is 5.53. The first-order valence-corrected chi connectivity index (χ1v) is 7.83. The number of rotatable bonds is 5. The van der Waals surface area contributed by atoms with Gasteiger partial charge in [0.2, 0.25) is 0 Å². The van der Waals surface area contributed by atoms with Crippen LogP contribution < -0.4 is 10.2 Å². The minimum atomic E-state index is 0.439. The summed E-state index contributed by atoms with van der Waals surface area (Å²) in [6, 6.07) is 7.32. The smallest absolute Gasteiger partial charge is 0.152 e. The lowest BCUT2D eigenvalue weighted by atomic mass is 10.2. The van der Waals surface area contributed by atoms with Crippen LogP contribution in [0.3, 0.4) is 0 Å². The predicted molar refractivity (Wildman–Crippen MR) is 82.7 cm³/mol. The van der Waals surface area contributed by atoms with E-state index >= 15 is 0 Å². The standard InChI is InChI=1S/C16H22N4O/c1-19(13-7-9-21-11-13)16-14(10-17-12-5-6-12)20-8-3-2-4-15(20)18-16/h2-4,8,12-13,17H,5-7,9-11H2,1H3.